The van der Waals surface area contributed by atoms with E-state index in [1.54, 1.807) is 23.5 Å². The predicted octanol–water partition coefficient (Wildman–Crippen LogP) is 2.62. The van der Waals surface area contributed by atoms with Gasteiger partial charge in [0.2, 0.25) is 0 Å². The molecule has 0 atom stereocenters. The molecule has 2 rings (SSSR count). The second-order valence-corrected chi connectivity index (χ2v) is 4.02. The van der Waals surface area contributed by atoms with Gasteiger partial charge in [0.15, 0.2) is 11.5 Å². The number of rotatable bonds is 0. The van der Waals surface area contributed by atoms with Crippen LogP contribution in [0.2, 0.25) is 0 Å². The molecule has 1 heterocycles. The molecule has 0 aliphatic heterocycles. The molecule has 0 unspecified atom stereocenters. The lowest BCUT2D eigenvalue weighted by atomic mass is 10.2. The number of phenols is 2. The van der Waals surface area contributed by atoms with Crippen molar-refractivity contribution in [2.75, 3.05) is 0 Å². The van der Waals surface area contributed by atoms with E-state index in [-0.39, 0.29) is 11.5 Å². The first-order chi connectivity index (χ1) is 5.66. The summed E-state index contributed by atoms with van der Waals surface area (Å²) in [6.45, 7) is 2.00. The third kappa shape index (κ3) is 1.02. The zero-order chi connectivity index (χ0) is 8.72. The lowest BCUT2D eigenvalue weighted by molar-refractivity contribution is 0.405. The zero-order valence-electron chi connectivity index (χ0n) is 6.53. The maximum atomic E-state index is 9.18. The lowest BCUT2D eigenvalue weighted by Gasteiger charge is -1.95. The van der Waals surface area contributed by atoms with Gasteiger partial charge < -0.3 is 10.2 Å². The Morgan fingerprint density at radius 1 is 1.08 bits per heavy atom. The molecule has 2 nitrogen and oxygen atoms in total. The first kappa shape index (κ1) is 7.43. The van der Waals surface area contributed by atoms with E-state index >= 15 is 0 Å². The summed E-state index contributed by atoms with van der Waals surface area (Å²) in [5.74, 6) is -0.107. The highest BCUT2D eigenvalue weighted by Crippen LogP contribution is 2.34. The number of fused-ring (bicyclic) bond motifs is 1. The molecular weight excluding hydrogens is 172 g/mol. The van der Waals surface area contributed by atoms with E-state index in [9.17, 15) is 10.2 Å². The van der Waals surface area contributed by atoms with Gasteiger partial charge in [-0.2, -0.15) is 0 Å². The fraction of sp³-hybridized carbons (Fsp3) is 0.111. The number of benzene rings is 1. The average molecular weight is 180 g/mol. The van der Waals surface area contributed by atoms with Crippen LogP contribution in [0.4, 0.5) is 0 Å². The van der Waals surface area contributed by atoms with Crippen molar-refractivity contribution in [2.24, 2.45) is 0 Å². The van der Waals surface area contributed by atoms with Crippen molar-refractivity contribution in [3.63, 3.8) is 0 Å². The molecule has 2 aromatic rings. The highest BCUT2D eigenvalue weighted by atomic mass is 32.1. The van der Waals surface area contributed by atoms with E-state index in [1.165, 1.54) is 4.88 Å². The lowest BCUT2D eigenvalue weighted by Crippen LogP contribution is -1.66. The summed E-state index contributed by atoms with van der Waals surface area (Å²) in [5.41, 5.74) is 0. The largest absolute Gasteiger partial charge is 0.504 e. The highest BCUT2D eigenvalue weighted by Gasteiger charge is 2.03. The minimum Gasteiger partial charge on any atom is -0.504 e. The van der Waals surface area contributed by atoms with Gasteiger partial charge in [0.05, 0.1) is 0 Å². The van der Waals surface area contributed by atoms with Crippen LogP contribution in [0.25, 0.3) is 10.1 Å². The van der Waals surface area contributed by atoms with Crippen LogP contribution in [0.5, 0.6) is 11.5 Å². The van der Waals surface area contributed by atoms with Crippen molar-refractivity contribution in [2.45, 2.75) is 6.92 Å². The van der Waals surface area contributed by atoms with Gasteiger partial charge in [0.25, 0.3) is 0 Å². The second kappa shape index (κ2) is 2.38. The zero-order valence-corrected chi connectivity index (χ0v) is 7.35. The Labute approximate surface area is 73.7 Å². The molecule has 1 aromatic heterocycles. The van der Waals surface area contributed by atoms with Crippen LogP contribution in [0.3, 0.4) is 0 Å². The summed E-state index contributed by atoms with van der Waals surface area (Å²) >= 11 is 1.60. The molecule has 62 valence electrons. The highest BCUT2D eigenvalue weighted by molar-refractivity contribution is 7.19. The molecular formula is C9H8O2S. The number of aryl methyl sites for hydroxylation is 1. The van der Waals surface area contributed by atoms with Gasteiger partial charge >= 0.3 is 0 Å². The average Bonchev–Trinajstić information content (AvgIpc) is 2.30. The van der Waals surface area contributed by atoms with E-state index in [4.69, 9.17) is 0 Å². The van der Waals surface area contributed by atoms with E-state index in [2.05, 4.69) is 0 Å². The molecule has 0 aliphatic carbocycles. The van der Waals surface area contributed by atoms with Gasteiger partial charge in [0, 0.05) is 15.6 Å². The van der Waals surface area contributed by atoms with Gasteiger partial charge in [-0.15, -0.1) is 11.3 Å². The maximum absolute atomic E-state index is 9.18. The van der Waals surface area contributed by atoms with Crippen molar-refractivity contribution >= 4 is 21.4 Å². The van der Waals surface area contributed by atoms with Gasteiger partial charge in [-0.3, -0.25) is 0 Å². The van der Waals surface area contributed by atoms with Crippen LogP contribution in [0.1, 0.15) is 4.88 Å². The Morgan fingerprint density at radius 3 is 2.50 bits per heavy atom. The minimum absolute atomic E-state index is 0.0515. The van der Waals surface area contributed by atoms with Gasteiger partial charge in [-0.25, -0.2) is 0 Å². The Hall–Kier alpha value is -1.22. The molecule has 12 heavy (non-hydrogen) atoms. The minimum atomic E-state index is -0.0553. The summed E-state index contributed by atoms with van der Waals surface area (Å²) in [7, 11) is 0. The third-order valence-corrected chi connectivity index (χ3v) is 2.75. The normalized spacial score (nSPS) is 10.8. The Kier molecular flexibility index (Phi) is 1.48. The maximum Gasteiger partial charge on any atom is 0.158 e. The van der Waals surface area contributed by atoms with Crippen LogP contribution >= 0.6 is 11.3 Å². The molecule has 3 heteroatoms. The van der Waals surface area contributed by atoms with Crippen molar-refractivity contribution < 1.29 is 10.2 Å². The van der Waals surface area contributed by atoms with Crippen LogP contribution < -0.4 is 0 Å². The van der Waals surface area contributed by atoms with Gasteiger partial charge in [0.1, 0.15) is 0 Å². The van der Waals surface area contributed by atoms with E-state index < -0.39 is 0 Å². The molecule has 0 saturated carbocycles. The molecule has 1 aromatic carbocycles. The fourth-order valence-electron chi connectivity index (χ4n) is 1.20. The second-order valence-electron chi connectivity index (χ2n) is 2.74. The van der Waals surface area contributed by atoms with E-state index in [0.717, 1.165) is 10.1 Å². The molecule has 0 radical (unpaired) electrons. The molecule has 2 N–H and O–H groups in total. The van der Waals surface area contributed by atoms with Crippen molar-refractivity contribution in [1.29, 1.82) is 0 Å². The number of hydrogen-bond donors (Lipinski definition) is 2. The van der Waals surface area contributed by atoms with Crippen molar-refractivity contribution in [1.82, 2.24) is 0 Å². The number of thiophene rings is 1. The van der Waals surface area contributed by atoms with Crippen molar-refractivity contribution in [3.8, 4) is 11.5 Å². The summed E-state index contributed by atoms with van der Waals surface area (Å²) in [5, 5.41) is 19.3. The molecule has 0 aliphatic rings. The summed E-state index contributed by atoms with van der Waals surface area (Å²) in [6, 6.07) is 5.15. The van der Waals surface area contributed by atoms with Gasteiger partial charge in [-0.1, -0.05) is 0 Å². The molecule has 0 spiro atoms. The smallest absolute Gasteiger partial charge is 0.158 e. The first-order valence-corrected chi connectivity index (χ1v) is 4.40. The number of phenolic OH excluding ortho intramolecular Hbond substituents is 2. The van der Waals surface area contributed by atoms with Crippen LogP contribution in [0.15, 0.2) is 18.2 Å². The van der Waals surface area contributed by atoms with Crippen LogP contribution in [-0.4, -0.2) is 10.2 Å². The summed E-state index contributed by atoms with van der Waals surface area (Å²) < 4.78 is 1.00. The Morgan fingerprint density at radius 2 is 1.75 bits per heavy atom. The standard InChI is InChI=1S/C9H8O2S/c1-5-2-6-3-7(10)8(11)4-9(6)12-5/h2-4,10-11H,1H3. The Bertz CT molecular complexity index is 392. The van der Waals surface area contributed by atoms with E-state index in [1.807, 2.05) is 13.0 Å². The number of aromatic hydroxyl groups is 2. The summed E-state index contributed by atoms with van der Waals surface area (Å²) in [4.78, 5) is 1.18. The Balaban J connectivity index is 2.83. The predicted molar refractivity (Wildman–Crippen MR) is 49.9 cm³/mol. The number of hydrogen-bond acceptors (Lipinski definition) is 3. The SMILES string of the molecule is Cc1cc2cc(O)c(O)cc2s1. The first-order valence-electron chi connectivity index (χ1n) is 3.59. The summed E-state index contributed by atoms with van der Waals surface area (Å²) in [6.07, 6.45) is 0. The van der Waals surface area contributed by atoms with Gasteiger partial charge in [-0.05, 0) is 24.4 Å². The molecule has 0 amide bonds. The van der Waals surface area contributed by atoms with E-state index in [0.29, 0.717) is 0 Å². The quantitative estimate of drug-likeness (QED) is 0.612. The fourth-order valence-corrected chi connectivity index (χ4v) is 2.14. The van der Waals surface area contributed by atoms with Crippen LogP contribution in [-0.2, 0) is 0 Å². The molecule has 0 saturated heterocycles. The molecule has 0 fully saturated rings. The van der Waals surface area contributed by atoms with Crippen LogP contribution in [0, 0.1) is 6.92 Å². The molecule has 0 bridgehead atoms. The van der Waals surface area contributed by atoms with Crippen molar-refractivity contribution in [3.05, 3.63) is 23.1 Å². The topological polar surface area (TPSA) is 40.5 Å². The monoisotopic (exact) mass is 180 g/mol. The third-order valence-electron chi connectivity index (χ3n) is 1.74.